The molecule has 0 saturated heterocycles. The van der Waals surface area contributed by atoms with Crippen molar-refractivity contribution < 1.29 is 17.9 Å². The van der Waals surface area contributed by atoms with Crippen molar-refractivity contribution in [2.45, 2.75) is 19.4 Å². The van der Waals surface area contributed by atoms with E-state index in [2.05, 4.69) is 11.4 Å². The van der Waals surface area contributed by atoms with Gasteiger partial charge in [-0.1, -0.05) is 30.3 Å². The predicted octanol–water partition coefficient (Wildman–Crippen LogP) is 4.34. The first-order valence-corrected chi connectivity index (χ1v) is 11.7. The molecule has 3 rings (SSSR count). The van der Waals surface area contributed by atoms with Crippen LogP contribution in [0, 0.1) is 11.3 Å². The molecule has 0 heterocycles. The molecule has 8 heteroatoms. The third-order valence-electron chi connectivity index (χ3n) is 4.66. The minimum absolute atomic E-state index is 0.274. The van der Waals surface area contributed by atoms with E-state index in [0.29, 0.717) is 22.9 Å². The molecular formula is C24H23N3O4S. The first-order chi connectivity index (χ1) is 15.3. The van der Waals surface area contributed by atoms with Crippen LogP contribution in [0.4, 0.5) is 11.4 Å². The number of sulfonamides is 1. The molecule has 0 radical (unpaired) electrons. The highest BCUT2D eigenvalue weighted by atomic mass is 32.2. The molecule has 32 heavy (non-hydrogen) atoms. The van der Waals surface area contributed by atoms with Crippen LogP contribution in [0.3, 0.4) is 0 Å². The number of nitriles is 1. The Morgan fingerprint density at radius 1 is 1.00 bits per heavy atom. The lowest BCUT2D eigenvalue weighted by Gasteiger charge is -2.28. The molecule has 0 aliphatic carbocycles. The lowest BCUT2D eigenvalue weighted by atomic mass is 10.1. The third-order valence-corrected chi connectivity index (χ3v) is 5.90. The maximum absolute atomic E-state index is 12.8. The predicted molar refractivity (Wildman–Crippen MR) is 124 cm³/mol. The lowest BCUT2D eigenvalue weighted by Crippen LogP contribution is -2.45. The summed E-state index contributed by atoms with van der Waals surface area (Å²) in [6.45, 7) is 1.52. The van der Waals surface area contributed by atoms with E-state index in [4.69, 9.17) is 10.00 Å². The second-order valence-electron chi connectivity index (χ2n) is 7.16. The highest BCUT2D eigenvalue weighted by molar-refractivity contribution is 7.92. The van der Waals surface area contributed by atoms with Gasteiger partial charge >= 0.3 is 0 Å². The van der Waals surface area contributed by atoms with E-state index in [-0.39, 0.29) is 6.42 Å². The number of para-hydroxylation sites is 1. The number of nitrogens with one attached hydrogen (secondary N) is 1. The molecule has 0 aliphatic rings. The molecule has 0 unspecified atom stereocenters. The van der Waals surface area contributed by atoms with Crippen molar-refractivity contribution in [2.75, 3.05) is 15.9 Å². The number of carbonyl (C=O) groups excluding carboxylic acids is 1. The number of amides is 1. The van der Waals surface area contributed by atoms with E-state index in [1.807, 2.05) is 30.3 Å². The summed E-state index contributed by atoms with van der Waals surface area (Å²) in [6, 6.07) is 23.6. The Kier molecular flexibility index (Phi) is 7.13. The Morgan fingerprint density at radius 2 is 1.59 bits per heavy atom. The molecule has 3 aromatic carbocycles. The summed E-state index contributed by atoms with van der Waals surface area (Å²) in [5.41, 5.74) is 1.69. The molecule has 1 amide bonds. The second-order valence-corrected chi connectivity index (χ2v) is 9.02. The summed E-state index contributed by atoms with van der Waals surface area (Å²) in [4.78, 5) is 12.8. The van der Waals surface area contributed by atoms with Crippen molar-refractivity contribution in [3.63, 3.8) is 0 Å². The van der Waals surface area contributed by atoms with Gasteiger partial charge in [-0.3, -0.25) is 9.10 Å². The number of carbonyl (C=O) groups is 1. The standard InChI is InChI=1S/C24H23N3O4S/c1-18(24(28)26-20-10-8-19(9-11-20)16-17-25)27(32(2,29)30)21-12-14-23(15-13-21)31-22-6-4-3-5-7-22/h3-15,18H,16H2,1-2H3,(H,26,28)/t18-/m1/s1. The molecule has 3 aromatic rings. The fourth-order valence-corrected chi connectivity index (χ4v) is 4.31. The molecule has 164 valence electrons. The van der Waals surface area contributed by atoms with Gasteiger partial charge in [0.2, 0.25) is 15.9 Å². The average Bonchev–Trinajstić information content (AvgIpc) is 2.76. The average molecular weight is 450 g/mol. The van der Waals surface area contributed by atoms with Crippen LogP contribution in [0.1, 0.15) is 12.5 Å². The second kappa shape index (κ2) is 9.98. The van der Waals surface area contributed by atoms with Crippen molar-refractivity contribution in [2.24, 2.45) is 0 Å². The molecular weight excluding hydrogens is 426 g/mol. The van der Waals surface area contributed by atoms with Crippen LogP contribution in [-0.2, 0) is 21.2 Å². The number of rotatable bonds is 8. The van der Waals surface area contributed by atoms with E-state index in [1.54, 1.807) is 48.5 Å². The highest BCUT2D eigenvalue weighted by Gasteiger charge is 2.29. The SMILES string of the molecule is C[C@H](C(=O)Nc1ccc(CC#N)cc1)N(c1ccc(Oc2ccccc2)cc1)S(C)(=O)=O. The van der Waals surface area contributed by atoms with Crippen LogP contribution in [0.15, 0.2) is 78.9 Å². The van der Waals surface area contributed by atoms with E-state index >= 15 is 0 Å². The Hall–Kier alpha value is -3.83. The van der Waals surface area contributed by atoms with E-state index in [1.165, 1.54) is 6.92 Å². The minimum Gasteiger partial charge on any atom is -0.457 e. The lowest BCUT2D eigenvalue weighted by molar-refractivity contribution is -0.116. The van der Waals surface area contributed by atoms with Gasteiger partial charge in [-0.2, -0.15) is 5.26 Å². The van der Waals surface area contributed by atoms with Crippen LogP contribution >= 0.6 is 0 Å². The van der Waals surface area contributed by atoms with Crippen molar-refractivity contribution in [3.05, 3.63) is 84.4 Å². The Labute approximate surface area is 187 Å². The van der Waals surface area contributed by atoms with Crippen molar-refractivity contribution in [1.29, 1.82) is 5.26 Å². The number of benzene rings is 3. The van der Waals surface area contributed by atoms with Gasteiger partial charge < -0.3 is 10.1 Å². The van der Waals surface area contributed by atoms with Gasteiger partial charge in [0.15, 0.2) is 0 Å². The van der Waals surface area contributed by atoms with E-state index < -0.39 is 22.0 Å². The maximum Gasteiger partial charge on any atom is 0.247 e. The van der Waals surface area contributed by atoms with Crippen LogP contribution in [0.5, 0.6) is 11.5 Å². The van der Waals surface area contributed by atoms with Crippen molar-refractivity contribution in [1.82, 2.24) is 0 Å². The van der Waals surface area contributed by atoms with Crippen LogP contribution in [0.2, 0.25) is 0 Å². The molecule has 1 atom stereocenters. The zero-order valence-electron chi connectivity index (χ0n) is 17.7. The maximum atomic E-state index is 12.8. The van der Waals surface area contributed by atoms with Crippen LogP contribution in [0.25, 0.3) is 0 Å². The molecule has 1 N–H and O–H groups in total. The van der Waals surface area contributed by atoms with Gasteiger partial charge in [0.1, 0.15) is 17.5 Å². The van der Waals surface area contributed by atoms with Crippen molar-refractivity contribution >= 4 is 27.3 Å². The first kappa shape index (κ1) is 22.8. The van der Waals surface area contributed by atoms with Gasteiger partial charge in [0.25, 0.3) is 0 Å². The van der Waals surface area contributed by atoms with Gasteiger partial charge in [0.05, 0.1) is 24.4 Å². The summed E-state index contributed by atoms with van der Waals surface area (Å²) in [7, 11) is -3.74. The van der Waals surface area contributed by atoms with Gasteiger partial charge in [-0.15, -0.1) is 0 Å². The fraction of sp³-hybridized carbons (Fsp3) is 0.167. The normalized spacial score (nSPS) is 11.8. The Balaban J connectivity index is 1.76. The number of ether oxygens (including phenoxy) is 1. The molecule has 0 aliphatic heterocycles. The Morgan fingerprint density at radius 3 is 2.16 bits per heavy atom. The van der Waals surface area contributed by atoms with Crippen LogP contribution < -0.4 is 14.4 Å². The first-order valence-electron chi connectivity index (χ1n) is 9.87. The number of hydrogen-bond donors (Lipinski definition) is 1. The smallest absolute Gasteiger partial charge is 0.247 e. The van der Waals surface area contributed by atoms with Gasteiger partial charge in [-0.25, -0.2) is 8.42 Å². The molecule has 0 saturated carbocycles. The van der Waals surface area contributed by atoms with E-state index in [9.17, 15) is 13.2 Å². The summed E-state index contributed by atoms with van der Waals surface area (Å²) in [5.74, 6) is 0.727. The van der Waals surface area contributed by atoms with Crippen LogP contribution in [-0.4, -0.2) is 26.6 Å². The van der Waals surface area contributed by atoms with E-state index in [0.717, 1.165) is 16.1 Å². The fourth-order valence-electron chi connectivity index (χ4n) is 3.14. The van der Waals surface area contributed by atoms with Gasteiger partial charge in [0, 0.05) is 5.69 Å². The molecule has 0 bridgehead atoms. The number of hydrogen-bond acceptors (Lipinski definition) is 5. The summed E-state index contributed by atoms with van der Waals surface area (Å²) in [6.07, 6.45) is 1.33. The molecule has 7 nitrogen and oxygen atoms in total. The third kappa shape index (κ3) is 5.86. The topological polar surface area (TPSA) is 99.5 Å². The van der Waals surface area contributed by atoms with Gasteiger partial charge in [-0.05, 0) is 61.0 Å². The molecule has 0 fully saturated rings. The largest absolute Gasteiger partial charge is 0.457 e. The minimum atomic E-state index is -3.74. The summed E-state index contributed by atoms with van der Waals surface area (Å²) < 4.78 is 31.8. The summed E-state index contributed by atoms with van der Waals surface area (Å²) >= 11 is 0. The number of nitrogens with zero attached hydrogens (tertiary/aromatic N) is 2. The zero-order chi connectivity index (χ0) is 23.1. The quantitative estimate of drug-likeness (QED) is 0.552. The zero-order valence-corrected chi connectivity index (χ0v) is 18.5. The Bertz CT molecular complexity index is 1200. The van der Waals surface area contributed by atoms with Crippen molar-refractivity contribution in [3.8, 4) is 17.6 Å². The monoisotopic (exact) mass is 449 g/mol. The summed E-state index contributed by atoms with van der Waals surface area (Å²) in [5, 5.41) is 11.5. The molecule has 0 spiro atoms. The molecule has 0 aromatic heterocycles. The highest BCUT2D eigenvalue weighted by Crippen LogP contribution is 2.27. The number of anilines is 2.